The molecule has 1 aromatic carbocycles. The van der Waals surface area contributed by atoms with Crippen LogP contribution in [0, 0.1) is 5.92 Å². The SMILES string of the molecule is CC(=O)N1CCN(C(C(=O)N2CCc3ccccc3C2)C2CCCC2)CC1. The summed E-state index contributed by atoms with van der Waals surface area (Å²) in [5.41, 5.74) is 2.68. The highest BCUT2D eigenvalue weighted by molar-refractivity contribution is 5.82. The van der Waals surface area contributed by atoms with Gasteiger partial charge in [0.25, 0.3) is 0 Å². The van der Waals surface area contributed by atoms with Crippen molar-refractivity contribution in [3.05, 3.63) is 35.4 Å². The second kappa shape index (κ2) is 8.01. The van der Waals surface area contributed by atoms with Crippen molar-refractivity contribution >= 4 is 11.8 Å². The number of carbonyl (C=O) groups excluding carboxylic acids is 2. The largest absolute Gasteiger partial charge is 0.340 e. The summed E-state index contributed by atoms with van der Waals surface area (Å²) in [4.78, 5) is 31.6. The van der Waals surface area contributed by atoms with Gasteiger partial charge in [-0.2, -0.15) is 0 Å². The lowest BCUT2D eigenvalue weighted by molar-refractivity contribution is -0.142. The molecular formula is C22H31N3O2. The van der Waals surface area contributed by atoms with Crippen molar-refractivity contribution in [3.8, 4) is 0 Å². The first-order valence-electron chi connectivity index (χ1n) is 10.5. The summed E-state index contributed by atoms with van der Waals surface area (Å²) < 4.78 is 0. The molecule has 3 aliphatic rings. The zero-order valence-electron chi connectivity index (χ0n) is 16.4. The molecular weight excluding hydrogens is 338 g/mol. The lowest BCUT2D eigenvalue weighted by Gasteiger charge is -2.43. The molecule has 0 radical (unpaired) electrons. The van der Waals surface area contributed by atoms with E-state index in [9.17, 15) is 9.59 Å². The molecule has 2 heterocycles. The van der Waals surface area contributed by atoms with Crippen LogP contribution in [0.25, 0.3) is 0 Å². The second-order valence-corrected chi connectivity index (χ2v) is 8.31. The van der Waals surface area contributed by atoms with Gasteiger partial charge in [-0.3, -0.25) is 14.5 Å². The van der Waals surface area contributed by atoms with Gasteiger partial charge in [-0.05, 0) is 36.3 Å². The van der Waals surface area contributed by atoms with E-state index in [1.54, 1.807) is 6.92 Å². The highest BCUT2D eigenvalue weighted by Gasteiger charge is 2.39. The third kappa shape index (κ3) is 3.88. The molecule has 2 aliphatic heterocycles. The van der Waals surface area contributed by atoms with Gasteiger partial charge in [-0.1, -0.05) is 37.1 Å². The molecule has 146 valence electrons. The zero-order valence-corrected chi connectivity index (χ0v) is 16.4. The third-order valence-corrected chi connectivity index (χ3v) is 6.69. The smallest absolute Gasteiger partial charge is 0.240 e. The predicted molar refractivity (Wildman–Crippen MR) is 105 cm³/mol. The van der Waals surface area contributed by atoms with Gasteiger partial charge in [0.05, 0.1) is 6.04 Å². The summed E-state index contributed by atoms with van der Waals surface area (Å²) in [5, 5.41) is 0. The van der Waals surface area contributed by atoms with Gasteiger partial charge in [0, 0.05) is 46.2 Å². The molecule has 0 aromatic heterocycles. The van der Waals surface area contributed by atoms with E-state index in [1.165, 1.54) is 24.0 Å². The summed E-state index contributed by atoms with van der Waals surface area (Å²) in [7, 11) is 0. The number of rotatable bonds is 3. The minimum absolute atomic E-state index is 0.00753. The molecule has 5 heteroatoms. The molecule has 1 atom stereocenters. The van der Waals surface area contributed by atoms with Crippen LogP contribution >= 0.6 is 0 Å². The van der Waals surface area contributed by atoms with E-state index in [4.69, 9.17) is 0 Å². The average molecular weight is 370 g/mol. The van der Waals surface area contributed by atoms with Crippen molar-refractivity contribution in [1.82, 2.24) is 14.7 Å². The van der Waals surface area contributed by atoms with E-state index in [1.807, 2.05) is 4.90 Å². The van der Waals surface area contributed by atoms with Gasteiger partial charge >= 0.3 is 0 Å². The minimum Gasteiger partial charge on any atom is -0.340 e. The highest BCUT2D eigenvalue weighted by atomic mass is 16.2. The molecule has 2 fully saturated rings. The van der Waals surface area contributed by atoms with Crippen LogP contribution in [0.5, 0.6) is 0 Å². The summed E-state index contributed by atoms with van der Waals surface area (Å²) in [6, 6.07) is 8.50. The average Bonchev–Trinajstić information content (AvgIpc) is 3.22. The maximum atomic E-state index is 13.6. The Balaban J connectivity index is 1.49. The fraction of sp³-hybridized carbons (Fsp3) is 0.636. The number of amides is 2. The number of fused-ring (bicyclic) bond motifs is 1. The van der Waals surface area contributed by atoms with Crippen molar-refractivity contribution in [3.63, 3.8) is 0 Å². The molecule has 1 aliphatic carbocycles. The molecule has 27 heavy (non-hydrogen) atoms. The first kappa shape index (κ1) is 18.5. The minimum atomic E-state index is -0.00753. The fourth-order valence-electron chi connectivity index (χ4n) is 5.11. The molecule has 5 nitrogen and oxygen atoms in total. The van der Waals surface area contributed by atoms with Gasteiger partial charge in [-0.15, -0.1) is 0 Å². The molecule has 1 aromatic rings. The molecule has 1 unspecified atom stereocenters. The summed E-state index contributed by atoms with van der Waals surface area (Å²) in [6.07, 6.45) is 5.76. The monoisotopic (exact) mass is 369 g/mol. The predicted octanol–water partition coefficient (Wildman–Crippen LogP) is 2.29. The number of piperazine rings is 1. The Kier molecular flexibility index (Phi) is 5.48. The summed E-state index contributed by atoms with van der Waals surface area (Å²) in [6.45, 7) is 6.33. The quantitative estimate of drug-likeness (QED) is 0.821. The van der Waals surface area contributed by atoms with Crippen LogP contribution in [-0.2, 0) is 22.6 Å². The van der Waals surface area contributed by atoms with Gasteiger partial charge in [0.15, 0.2) is 0 Å². The Morgan fingerprint density at radius 3 is 2.26 bits per heavy atom. The van der Waals surface area contributed by atoms with Crippen LogP contribution < -0.4 is 0 Å². The van der Waals surface area contributed by atoms with E-state index >= 15 is 0 Å². The number of hydrogen-bond donors (Lipinski definition) is 0. The standard InChI is InChI=1S/C22H31N3O2/c1-17(26)23-12-14-24(15-13-23)21(19-7-3-4-8-19)22(27)25-11-10-18-6-2-5-9-20(18)16-25/h2,5-6,9,19,21H,3-4,7-8,10-16H2,1H3. The first-order valence-corrected chi connectivity index (χ1v) is 10.5. The Morgan fingerprint density at radius 1 is 0.926 bits per heavy atom. The fourth-order valence-corrected chi connectivity index (χ4v) is 5.11. The maximum absolute atomic E-state index is 13.6. The molecule has 1 saturated carbocycles. The normalized spacial score (nSPS) is 22.6. The van der Waals surface area contributed by atoms with Gasteiger partial charge in [-0.25, -0.2) is 0 Å². The number of carbonyl (C=O) groups is 2. The van der Waals surface area contributed by atoms with Crippen LogP contribution in [0.4, 0.5) is 0 Å². The zero-order chi connectivity index (χ0) is 18.8. The van der Waals surface area contributed by atoms with Gasteiger partial charge in [0.1, 0.15) is 0 Å². The number of hydrogen-bond acceptors (Lipinski definition) is 3. The highest BCUT2D eigenvalue weighted by Crippen LogP contribution is 2.33. The molecule has 0 spiro atoms. The van der Waals surface area contributed by atoms with Gasteiger partial charge in [0.2, 0.25) is 11.8 Å². The Bertz CT molecular complexity index is 691. The van der Waals surface area contributed by atoms with E-state index in [0.29, 0.717) is 11.8 Å². The topological polar surface area (TPSA) is 43.9 Å². The van der Waals surface area contributed by atoms with Crippen molar-refractivity contribution < 1.29 is 9.59 Å². The molecule has 1 saturated heterocycles. The Hall–Kier alpha value is -1.88. The molecule has 2 amide bonds. The van der Waals surface area contributed by atoms with Crippen molar-refractivity contribution in [2.24, 2.45) is 5.92 Å². The van der Waals surface area contributed by atoms with Crippen LogP contribution in [-0.4, -0.2) is 65.3 Å². The number of benzene rings is 1. The van der Waals surface area contributed by atoms with Crippen molar-refractivity contribution in [2.45, 2.75) is 51.6 Å². The third-order valence-electron chi connectivity index (χ3n) is 6.69. The van der Waals surface area contributed by atoms with E-state index in [-0.39, 0.29) is 11.9 Å². The van der Waals surface area contributed by atoms with Crippen LogP contribution in [0.2, 0.25) is 0 Å². The number of nitrogens with zero attached hydrogens (tertiary/aromatic N) is 3. The molecule has 4 rings (SSSR count). The van der Waals surface area contributed by atoms with Crippen LogP contribution in [0.1, 0.15) is 43.7 Å². The van der Waals surface area contributed by atoms with Crippen LogP contribution in [0.15, 0.2) is 24.3 Å². The van der Waals surface area contributed by atoms with Gasteiger partial charge < -0.3 is 9.80 Å². The maximum Gasteiger partial charge on any atom is 0.240 e. The van der Waals surface area contributed by atoms with E-state index in [2.05, 4.69) is 34.1 Å². The summed E-state index contributed by atoms with van der Waals surface area (Å²) >= 11 is 0. The molecule has 0 bridgehead atoms. The van der Waals surface area contributed by atoms with Crippen molar-refractivity contribution in [1.29, 1.82) is 0 Å². The second-order valence-electron chi connectivity index (χ2n) is 8.31. The first-order chi connectivity index (χ1) is 13.1. The molecule has 0 N–H and O–H groups in total. The van der Waals surface area contributed by atoms with Crippen LogP contribution in [0.3, 0.4) is 0 Å². The Labute approximate surface area is 162 Å². The van der Waals surface area contributed by atoms with E-state index < -0.39 is 0 Å². The lowest BCUT2D eigenvalue weighted by atomic mass is 9.92. The van der Waals surface area contributed by atoms with Crippen molar-refractivity contribution in [2.75, 3.05) is 32.7 Å². The lowest BCUT2D eigenvalue weighted by Crippen LogP contribution is -2.58. The summed E-state index contributed by atoms with van der Waals surface area (Å²) in [5.74, 6) is 0.928. The Morgan fingerprint density at radius 2 is 1.59 bits per heavy atom. The van der Waals surface area contributed by atoms with E-state index in [0.717, 1.165) is 58.5 Å².